The van der Waals surface area contributed by atoms with Gasteiger partial charge in [-0.05, 0) is 6.92 Å². The summed E-state index contributed by atoms with van der Waals surface area (Å²) in [4.78, 5) is 9.60. The normalized spacial score (nSPS) is 6.43. The average Bonchev–Trinajstić information content (AvgIpc) is 1.36. The first kappa shape index (κ1) is 10.8. The fourth-order valence-electron chi connectivity index (χ4n) is 0. The summed E-state index contributed by atoms with van der Waals surface area (Å²) in [6.45, 7) is 4.60. The fourth-order valence-corrected chi connectivity index (χ4v) is 0. The number of hydrogen-bond acceptors (Lipinski definition) is 1. The molecule has 0 heterocycles. The molecule has 0 amide bonds. The molecule has 36 valence electrons. The van der Waals surface area contributed by atoms with Gasteiger partial charge in [0.2, 0.25) is 0 Å². The zero-order valence-corrected chi connectivity index (χ0v) is 3.56. The van der Waals surface area contributed by atoms with Crippen LogP contribution < -0.4 is 0 Å². The number of hydrogen-bond donors (Lipinski definition) is 1. The molecule has 0 aliphatic rings. The van der Waals surface area contributed by atoms with E-state index in [1.807, 2.05) is 0 Å². The Kier molecular flexibility index (Phi) is 7.67. The zero-order valence-electron chi connectivity index (χ0n) is 3.56. The number of carboxylic acids is 1. The van der Waals surface area contributed by atoms with E-state index in [1.54, 1.807) is 0 Å². The molecule has 2 nitrogen and oxygen atoms in total. The van der Waals surface area contributed by atoms with E-state index in [9.17, 15) is 4.79 Å². The maximum atomic E-state index is 9.60. The van der Waals surface area contributed by atoms with Crippen molar-refractivity contribution in [3.8, 4) is 0 Å². The Morgan fingerprint density at radius 2 is 1.86 bits per heavy atom. The third kappa shape index (κ3) is 6.85. The van der Waals surface area contributed by atoms with Crippen LogP contribution in [0.2, 0.25) is 0 Å². The van der Waals surface area contributed by atoms with Gasteiger partial charge in [-0.3, -0.25) is 0 Å². The predicted octanol–water partition coefficient (Wildman–Crippen LogP) is -0.00140. The Labute approximate surface area is 85.0 Å². The van der Waals surface area contributed by atoms with Crippen molar-refractivity contribution in [1.82, 2.24) is 0 Å². The summed E-state index contributed by atoms with van der Waals surface area (Å²) in [5.41, 5.74) is 0.176. The first-order valence-electron chi connectivity index (χ1n) is 1.53. The Balaban J connectivity index is 0. The van der Waals surface area contributed by atoms with Gasteiger partial charge in [-0.15, -0.1) is 0 Å². The molecule has 0 aromatic heterocycles. The summed E-state index contributed by atoms with van der Waals surface area (Å²) < 4.78 is 0. The van der Waals surface area contributed by atoms with E-state index in [4.69, 9.17) is 5.11 Å². The van der Waals surface area contributed by atoms with E-state index in [2.05, 4.69) is 6.58 Å². The quantitative estimate of drug-likeness (QED) is 0.396. The molecule has 0 fully saturated rings. The molecule has 0 aliphatic carbocycles. The van der Waals surface area contributed by atoms with Crippen LogP contribution in [0, 0.1) is 0 Å². The van der Waals surface area contributed by atoms with E-state index in [-0.39, 0.29) is 57.0 Å². The van der Waals surface area contributed by atoms with Gasteiger partial charge in [-0.1, -0.05) is 6.58 Å². The van der Waals surface area contributed by atoms with Crippen molar-refractivity contribution >= 4 is 57.4 Å². The maximum absolute atomic E-state index is 9.60. The van der Waals surface area contributed by atoms with Crippen molar-refractivity contribution in [1.29, 1.82) is 0 Å². The molecule has 0 aromatic carbocycles. The molecule has 0 atom stereocenters. The second-order valence-corrected chi connectivity index (χ2v) is 1.09. The van der Waals surface area contributed by atoms with Gasteiger partial charge in [0.15, 0.2) is 0 Å². The molecule has 0 spiro atoms. The van der Waals surface area contributed by atoms with Crippen LogP contribution in [0.1, 0.15) is 6.92 Å². The topological polar surface area (TPSA) is 37.3 Å². The van der Waals surface area contributed by atoms with Gasteiger partial charge in [0, 0.05) is 5.57 Å². The van der Waals surface area contributed by atoms with Crippen LogP contribution in [0.3, 0.4) is 0 Å². The second kappa shape index (κ2) is 4.99. The van der Waals surface area contributed by atoms with Gasteiger partial charge in [0.05, 0.1) is 0 Å². The van der Waals surface area contributed by atoms with Crippen molar-refractivity contribution in [2.24, 2.45) is 0 Å². The fraction of sp³-hybridized carbons (Fsp3) is 0.250. The Morgan fingerprint density at radius 3 is 1.86 bits per heavy atom. The Morgan fingerprint density at radius 1 is 1.71 bits per heavy atom. The molecule has 0 bridgehead atoms. The molecule has 0 aromatic rings. The van der Waals surface area contributed by atoms with Crippen LogP contribution in [0.25, 0.3) is 0 Å². The second-order valence-electron chi connectivity index (χ2n) is 1.09. The molecular weight excluding hydrogens is 119 g/mol. The van der Waals surface area contributed by atoms with Gasteiger partial charge in [0.1, 0.15) is 0 Å². The van der Waals surface area contributed by atoms with E-state index in [0.29, 0.717) is 0 Å². The van der Waals surface area contributed by atoms with Crippen LogP contribution in [0.4, 0.5) is 0 Å². The molecule has 0 radical (unpaired) electrons. The van der Waals surface area contributed by atoms with Crippen LogP contribution >= 0.6 is 0 Å². The monoisotopic (exact) mass is 126 g/mol. The SMILES string of the molecule is C=C(C)C(=O)O.[KH]. The first-order valence-corrected chi connectivity index (χ1v) is 1.53. The predicted molar refractivity (Wildman–Crippen MR) is 29.6 cm³/mol. The summed E-state index contributed by atoms with van der Waals surface area (Å²) in [5.74, 6) is -0.935. The molecule has 3 heteroatoms. The zero-order chi connectivity index (χ0) is 5.15. The summed E-state index contributed by atoms with van der Waals surface area (Å²) in [7, 11) is 0. The Bertz CT molecular complexity index is 75.7. The molecule has 0 saturated heterocycles. The third-order valence-electron chi connectivity index (χ3n) is 0.365. The standard InChI is InChI=1S/C4H6O2.K.H/c1-3(2)4(5)6;;/h1H2,2H3,(H,5,6);;. The van der Waals surface area contributed by atoms with Gasteiger partial charge in [-0.2, -0.15) is 0 Å². The molecule has 1 N–H and O–H groups in total. The van der Waals surface area contributed by atoms with Gasteiger partial charge < -0.3 is 5.11 Å². The van der Waals surface area contributed by atoms with Crippen LogP contribution in [-0.2, 0) is 4.79 Å². The molecule has 7 heavy (non-hydrogen) atoms. The number of rotatable bonds is 1. The van der Waals surface area contributed by atoms with Crippen LogP contribution in [0.15, 0.2) is 12.2 Å². The summed E-state index contributed by atoms with van der Waals surface area (Å²) in [6, 6.07) is 0. The first-order chi connectivity index (χ1) is 2.64. The third-order valence-corrected chi connectivity index (χ3v) is 0.365. The Hall–Kier alpha value is 0.846. The molecule has 0 unspecified atom stereocenters. The van der Waals surface area contributed by atoms with Gasteiger partial charge >= 0.3 is 57.4 Å². The molecule has 0 aliphatic heterocycles. The minimum atomic E-state index is -0.935. The van der Waals surface area contributed by atoms with Crippen molar-refractivity contribution in [2.75, 3.05) is 0 Å². The number of aliphatic carboxylic acids is 1. The summed E-state index contributed by atoms with van der Waals surface area (Å²) in [5, 5.41) is 7.89. The van der Waals surface area contributed by atoms with Crippen LogP contribution in [-0.4, -0.2) is 62.5 Å². The van der Waals surface area contributed by atoms with Crippen LogP contribution in [0.5, 0.6) is 0 Å². The van der Waals surface area contributed by atoms with E-state index < -0.39 is 5.97 Å². The number of carboxylic acid groups (broad SMARTS) is 1. The van der Waals surface area contributed by atoms with E-state index >= 15 is 0 Å². The molecule has 0 rings (SSSR count). The van der Waals surface area contributed by atoms with Crippen molar-refractivity contribution in [3.05, 3.63) is 12.2 Å². The van der Waals surface area contributed by atoms with Gasteiger partial charge in [0.25, 0.3) is 0 Å². The van der Waals surface area contributed by atoms with E-state index in [1.165, 1.54) is 6.92 Å². The van der Waals surface area contributed by atoms with E-state index in [0.717, 1.165) is 0 Å². The van der Waals surface area contributed by atoms with Gasteiger partial charge in [-0.25, -0.2) is 4.79 Å². The average molecular weight is 126 g/mol. The number of carbonyl (C=O) groups is 1. The summed E-state index contributed by atoms with van der Waals surface area (Å²) >= 11 is 0. The summed E-state index contributed by atoms with van der Waals surface area (Å²) in [6.07, 6.45) is 0. The molecular formula is C4H7KO2. The van der Waals surface area contributed by atoms with Crippen molar-refractivity contribution in [3.63, 3.8) is 0 Å². The minimum absolute atomic E-state index is 0. The molecule has 0 saturated carbocycles. The van der Waals surface area contributed by atoms with Crippen molar-refractivity contribution in [2.45, 2.75) is 6.92 Å². The van der Waals surface area contributed by atoms with Crippen molar-refractivity contribution < 1.29 is 9.90 Å².